The molecule has 1 amide bonds. The molecule has 4 heteroatoms. The van der Waals surface area contributed by atoms with E-state index in [0.717, 1.165) is 5.69 Å². The van der Waals surface area contributed by atoms with Crippen LogP contribution in [0.4, 0.5) is 5.69 Å². The highest BCUT2D eigenvalue weighted by Gasteiger charge is 2.14. The van der Waals surface area contributed by atoms with Crippen LogP contribution in [-0.2, 0) is 0 Å². The summed E-state index contributed by atoms with van der Waals surface area (Å²) < 4.78 is 0. The van der Waals surface area contributed by atoms with Gasteiger partial charge in [0.05, 0.1) is 11.3 Å². The molecule has 110 valence electrons. The molecule has 0 aromatic carbocycles. The minimum Gasteiger partial charge on any atom is -0.381 e. The fraction of sp³-hybridized carbons (Fsp3) is 0.625. The number of pyridine rings is 1. The molecule has 1 saturated carbocycles. The molecule has 0 bridgehead atoms. The van der Waals surface area contributed by atoms with Gasteiger partial charge in [-0.3, -0.25) is 9.78 Å². The molecule has 0 atom stereocenters. The third kappa shape index (κ3) is 4.51. The summed E-state index contributed by atoms with van der Waals surface area (Å²) in [4.78, 5) is 16.2. The van der Waals surface area contributed by atoms with Crippen molar-refractivity contribution in [1.82, 2.24) is 10.3 Å². The summed E-state index contributed by atoms with van der Waals surface area (Å²) >= 11 is 0. The van der Waals surface area contributed by atoms with Crippen molar-refractivity contribution in [2.75, 3.05) is 11.9 Å². The fourth-order valence-corrected chi connectivity index (χ4v) is 2.52. The zero-order chi connectivity index (χ0) is 14.4. The lowest BCUT2D eigenvalue weighted by atomic mass is 9.95. The smallest absolute Gasteiger partial charge is 0.252 e. The van der Waals surface area contributed by atoms with Crippen molar-refractivity contribution in [3.05, 3.63) is 24.0 Å². The van der Waals surface area contributed by atoms with E-state index in [9.17, 15) is 4.79 Å². The highest BCUT2D eigenvalue weighted by molar-refractivity contribution is 5.94. The molecule has 2 rings (SSSR count). The van der Waals surface area contributed by atoms with Gasteiger partial charge in [-0.1, -0.05) is 33.1 Å². The number of hydrogen-bond donors (Lipinski definition) is 2. The first-order chi connectivity index (χ1) is 9.65. The summed E-state index contributed by atoms with van der Waals surface area (Å²) in [5.74, 6) is 0.411. The molecule has 1 aromatic rings. The van der Waals surface area contributed by atoms with Crippen molar-refractivity contribution in [2.45, 2.75) is 52.0 Å². The van der Waals surface area contributed by atoms with Crippen molar-refractivity contribution < 1.29 is 4.79 Å². The number of nitrogens with zero attached hydrogens (tertiary/aromatic N) is 1. The normalized spacial score (nSPS) is 16.1. The second-order valence-corrected chi connectivity index (χ2v) is 6.05. The first-order valence-electron chi connectivity index (χ1n) is 7.65. The van der Waals surface area contributed by atoms with Gasteiger partial charge >= 0.3 is 0 Å². The number of carbonyl (C=O) groups excluding carboxylic acids is 1. The molecule has 0 radical (unpaired) electrons. The highest BCUT2D eigenvalue weighted by Crippen LogP contribution is 2.21. The molecule has 1 heterocycles. The Morgan fingerprint density at radius 2 is 2.05 bits per heavy atom. The first kappa shape index (κ1) is 14.8. The Labute approximate surface area is 121 Å². The lowest BCUT2D eigenvalue weighted by Gasteiger charge is -2.23. The third-order valence-electron chi connectivity index (χ3n) is 3.65. The molecule has 4 nitrogen and oxygen atoms in total. The van der Waals surface area contributed by atoms with E-state index < -0.39 is 0 Å². The van der Waals surface area contributed by atoms with Crippen molar-refractivity contribution >= 4 is 11.6 Å². The van der Waals surface area contributed by atoms with Gasteiger partial charge in [-0.2, -0.15) is 0 Å². The van der Waals surface area contributed by atoms with E-state index in [-0.39, 0.29) is 5.91 Å². The van der Waals surface area contributed by atoms with Gasteiger partial charge in [0, 0.05) is 25.0 Å². The molecule has 1 aliphatic carbocycles. The molecule has 20 heavy (non-hydrogen) atoms. The monoisotopic (exact) mass is 275 g/mol. The van der Waals surface area contributed by atoms with Crippen LogP contribution in [0.1, 0.15) is 56.3 Å². The Balaban J connectivity index is 1.94. The van der Waals surface area contributed by atoms with Crippen LogP contribution in [0.15, 0.2) is 18.5 Å². The molecule has 1 aromatic heterocycles. The van der Waals surface area contributed by atoms with Gasteiger partial charge in [-0.05, 0) is 24.8 Å². The van der Waals surface area contributed by atoms with Crippen molar-refractivity contribution in [3.8, 4) is 0 Å². The van der Waals surface area contributed by atoms with Gasteiger partial charge in [0.15, 0.2) is 0 Å². The van der Waals surface area contributed by atoms with Crippen LogP contribution in [0.25, 0.3) is 0 Å². The van der Waals surface area contributed by atoms with E-state index in [4.69, 9.17) is 0 Å². The van der Waals surface area contributed by atoms with Crippen LogP contribution in [0.3, 0.4) is 0 Å². The summed E-state index contributed by atoms with van der Waals surface area (Å²) in [7, 11) is 0. The average molecular weight is 275 g/mol. The second-order valence-electron chi connectivity index (χ2n) is 6.05. The highest BCUT2D eigenvalue weighted by atomic mass is 16.1. The largest absolute Gasteiger partial charge is 0.381 e. The molecule has 0 saturated heterocycles. The van der Waals surface area contributed by atoms with E-state index in [1.54, 1.807) is 12.4 Å². The van der Waals surface area contributed by atoms with Crippen molar-refractivity contribution in [1.29, 1.82) is 0 Å². The molecule has 1 aliphatic rings. The quantitative estimate of drug-likeness (QED) is 0.867. The van der Waals surface area contributed by atoms with Gasteiger partial charge in [0.1, 0.15) is 0 Å². The Morgan fingerprint density at radius 1 is 1.30 bits per heavy atom. The Kier molecular flexibility index (Phi) is 5.39. The maximum atomic E-state index is 12.0. The van der Waals surface area contributed by atoms with Crippen LogP contribution in [-0.4, -0.2) is 23.5 Å². The summed E-state index contributed by atoms with van der Waals surface area (Å²) in [6.45, 7) is 4.86. The van der Waals surface area contributed by atoms with Crippen LogP contribution >= 0.6 is 0 Å². The zero-order valence-electron chi connectivity index (χ0n) is 12.5. The predicted octanol–water partition coefficient (Wildman–Crippen LogP) is 3.21. The lowest BCUT2D eigenvalue weighted by molar-refractivity contribution is 0.0948. The molecule has 0 aliphatic heterocycles. The minimum absolute atomic E-state index is 0.0431. The third-order valence-corrected chi connectivity index (χ3v) is 3.65. The van der Waals surface area contributed by atoms with Crippen LogP contribution in [0, 0.1) is 5.92 Å². The first-order valence-corrected chi connectivity index (χ1v) is 7.65. The predicted molar refractivity (Wildman–Crippen MR) is 81.9 cm³/mol. The van der Waals surface area contributed by atoms with Gasteiger partial charge in [-0.15, -0.1) is 0 Å². The van der Waals surface area contributed by atoms with Gasteiger partial charge in [-0.25, -0.2) is 0 Å². The topological polar surface area (TPSA) is 54.0 Å². The molecule has 1 fully saturated rings. The maximum Gasteiger partial charge on any atom is 0.252 e. The number of rotatable bonds is 5. The fourth-order valence-electron chi connectivity index (χ4n) is 2.52. The summed E-state index contributed by atoms with van der Waals surface area (Å²) in [6, 6.07) is 2.43. The Hall–Kier alpha value is -1.58. The molecule has 0 unspecified atom stereocenters. The summed E-state index contributed by atoms with van der Waals surface area (Å²) in [6.07, 6.45) is 9.77. The van der Waals surface area contributed by atoms with Gasteiger partial charge in [0.2, 0.25) is 0 Å². The van der Waals surface area contributed by atoms with E-state index in [2.05, 4.69) is 29.5 Å². The van der Waals surface area contributed by atoms with Gasteiger partial charge < -0.3 is 10.6 Å². The number of nitrogens with one attached hydrogen (secondary N) is 2. The summed E-state index contributed by atoms with van der Waals surface area (Å²) in [5, 5.41) is 6.42. The zero-order valence-corrected chi connectivity index (χ0v) is 12.5. The number of carbonyl (C=O) groups is 1. The van der Waals surface area contributed by atoms with E-state index in [1.807, 2.05) is 6.07 Å². The minimum atomic E-state index is -0.0431. The lowest BCUT2D eigenvalue weighted by Crippen LogP contribution is -2.27. The van der Waals surface area contributed by atoms with Gasteiger partial charge in [0.25, 0.3) is 5.91 Å². The molecular formula is C16H25N3O. The van der Waals surface area contributed by atoms with Crippen molar-refractivity contribution in [2.24, 2.45) is 5.92 Å². The Morgan fingerprint density at radius 3 is 2.75 bits per heavy atom. The number of anilines is 1. The summed E-state index contributed by atoms with van der Waals surface area (Å²) in [5.41, 5.74) is 1.58. The maximum absolute atomic E-state index is 12.0. The van der Waals surface area contributed by atoms with Crippen LogP contribution < -0.4 is 10.6 Å². The van der Waals surface area contributed by atoms with E-state index in [1.165, 1.54) is 32.1 Å². The van der Waals surface area contributed by atoms with Crippen molar-refractivity contribution in [3.63, 3.8) is 0 Å². The molecular weight excluding hydrogens is 250 g/mol. The standard InChI is InChI=1S/C16H25N3O/c1-12(2)9-18-16(20)13-8-15(11-17-10-13)19-14-6-4-3-5-7-14/h8,10-12,14,19H,3-7,9H2,1-2H3,(H,18,20). The molecule has 0 spiro atoms. The number of hydrogen-bond acceptors (Lipinski definition) is 3. The van der Waals surface area contributed by atoms with Crippen LogP contribution in [0.5, 0.6) is 0 Å². The number of amides is 1. The average Bonchev–Trinajstić information content (AvgIpc) is 2.46. The van der Waals surface area contributed by atoms with Crippen LogP contribution in [0.2, 0.25) is 0 Å². The second kappa shape index (κ2) is 7.27. The van der Waals surface area contributed by atoms with E-state index in [0.29, 0.717) is 24.1 Å². The van der Waals surface area contributed by atoms with E-state index >= 15 is 0 Å². The number of aromatic nitrogens is 1. The Bertz CT molecular complexity index is 439. The SMILES string of the molecule is CC(C)CNC(=O)c1cncc(NC2CCCCC2)c1. The molecule has 2 N–H and O–H groups in total.